The van der Waals surface area contributed by atoms with E-state index in [1.807, 2.05) is 6.92 Å². The molecule has 1 aromatic rings. The molecule has 0 aliphatic heterocycles. The quantitative estimate of drug-likeness (QED) is 0.778. The van der Waals surface area contributed by atoms with Crippen LogP contribution in [0, 0.1) is 0 Å². The number of hydrogen-bond acceptors (Lipinski definition) is 3. The Balaban J connectivity index is 2.77. The minimum absolute atomic E-state index is 0.0997. The monoisotopic (exact) mass is 206 g/mol. The number of nitrogens with zero attached hydrogens (tertiary/aromatic N) is 1. The smallest absolute Gasteiger partial charge is 0.273 e. The molecule has 4 nitrogen and oxygen atoms in total. The SMILES string of the molecule is C=C(CC)NC(=O)c1cc(CO)ccn1. The first kappa shape index (κ1) is 11.4. The van der Waals surface area contributed by atoms with Gasteiger partial charge >= 0.3 is 0 Å². The Hall–Kier alpha value is -1.68. The Bertz CT molecular complexity index is 375. The summed E-state index contributed by atoms with van der Waals surface area (Å²) in [5.74, 6) is -0.294. The van der Waals surface area contributed by atoms with Crippen molar-refractivity contribution in [3.63, 3.8) is 0 Å². The van der Waals surface area contributed by atoms with E-state index in [9.17, 15) is 4.79 Å². The minimum Gasteiger partial charge on any atom is -0.392 e. The molecule has 0 spiro atoms. The fourth-order valence-corrected chi connectivity index (χ4v) is 1.01. The summed E-state index contributed by atoms with van der Waals surface area (Å²) in [5.41, 5.74) is 1.60. The lowest BCUT2D eigenvalue weighted by Gasteiger charge is -2.05. The van der Waals surface area contributed by atoms with Gasteiger partial charge in [0.25, 0.3) is 5.91 Å². The number of carbonyl (C=O) groups is 1. The second-order valence-electron chi connectivity index (χ2n) is 3.12. The van der Waals surface area contributed by atoms with E-state index in [2.05, 4.69) is 16.9 Å². The lowest BCUT2D eigenvalue weighted by atomic mass is 10.2. The molecule has 2 N–H and O–H groups in total. The van der Waals surface area contributed by atoms with Crippen LogP contribution in [0.5, 0.6) is 0 Å². The highest BCUT2D eigenvalue weighted by atomic mass is 16.3. The van der Waals surface area contributed by atoms with Crippen molar-refractivity contribution in [3.05, 3.63) is 41.9 Å². The van der Waals surface area contributed by atoms with Crippen molar-refractivity contribution in [2.24, 2.45) is 0 Å². The van der Waals surface area contributed by atoms with Crippen LogP contribution >= 0.6 is 0 Å². The van der Waals surface area contributed by atoms with Gasteiger partial charge in [0.15, 0.2) is 0 Å². The summed E-state index contributed by atoms with van der Waals surface area (Å²) in [4.78, 5) is 15.5. The normalized spacial score (nSPS) is 9.73. The number of allylic oxidation sites excluding steroid dienone is 1. The fourth-order valence-electron chi connectivity index (χ4n) is 1.01. The van der Waals surface area contributed by atoms with Crippen LogP contribution in [0.4, 0.5) is 0 Å². The molecule has 0 aliphatic rings. The van der Waals surface area contributed by atoms with Crippen molar-refractivity contribution < 1.29 is 9.90 Å². The number of hydrogen-bond donors (Lipinski definition) is 2. The third-order valence-corrected chi connectivity index (χ3v) is 1.96. The number of aliphatic hydroxyl groups excluding tert-OH is 1. The lowest BCUT2D eigenvalue weighted by Crippen LogP contribution is -2.22. The number of nitrogens with one attached hydrogen (secondary N) is 1. The van der Waals surface area contributed by atoms with Gasteiger partial charge in [-0.2, -0.15) is 0 Å². The van der Waals surface area contributed by atoms with Gasteiger partial charge < -0.3 is 10.4 Å². The first-order chi connectivity index (χ1) is 7.17. The van der Waals surface area contributed by atoms with Crippen LogP contribution in [-0.4, -0.2) is 16.0 Å². The van der Waals surface area contributed by atoms with E-state index in [1.165, 1.54) is 6.20 Å². The number of amides is 1. The van der Waals surface area contributed by atoms with Crippen LogP contribution in [-0.2, 0) is 6.61 Å². The summed E-state index contributed by atoms with van der Waals surface area (Å²) in [6.07, 6.45) is 2.18. The van der Waals surface area contributed by atoms with Gasteiger partial charge in [0.2, 0.25) is 0 Å². The van der Waals surface area contributed by atoms with E-state index >= 15 is 0 Å². The summed E-state index contributed by atoms with van der Waals surface area (Å²) in [6.45, 7) is 5.48. The van der Waals surface area contributed by atoms with E-state index in [0.717, 1.165) is 0 Å². The van der Waals surface area contributed by atoms with Crippen LogP contribution in [0.15, 0.2) is 30.6 Å². The molecule has 0 aliphatic carbocycles. The highest BCUT2D eigenvalue weighted by Gasteiger charge is 2.07. The molecule has 4 heteroatoms. The Kier molecular flexibility index (Phi) is 4.00. The van der Waals surface area contributed by atoms with Crippen molar-refractivity contribution >= 4 is 5.91 Å². The molecule has 0 saturated carbocycles. The molecule has 1 amide bonds. The molecular formula is C11H14N2O2. The number of aliphatic hydroxyl groups is 1. The lowest BCUT2D eigenvalue weighted by molar-refractivity contribution is 0.0960. The van der Waals surface area contributed by atoms with E-state index in [1.54, 1.807) is 12.1 Å². The molecule has 0 unspecified atom stereocenters. The largest absolute Gasteiger partial charge is 0.392 e. The summed E-state index contributed by atoms with van der Waals surface area (Å²) >= 11 is 0. The maximum absolute atomic E-state index is 11.6. The van der Waals surface area contributed by atoms with Gasteiger partial charge in [0, 0.05) is 11.9 Å². The Morgan fingerprint density at radius 3 is 3.00 bits per heavy atom. The van der Waals surface area contributed by atoms with Crippen molar-refractivity contribution in [1.29, 1.82) is 0 Å². The van der Waals surface area contributed by atoms with Crippen molar-refractivity contribution in [3.8, 4) is 0 Å². The molecule has 0 bridgehead atoms. The van der Waals surface area contributed by atoms with Gasteiger partial charge in [-0.25, -0.2) is 0 Å². The van der Waals surface area contributed by atoms with Gasteiger partial charge in [-0.15, -0.1) is 0 Å². The van der Waals surface area contributed by atoms with E-state index in [4.69, 9.17) is 5.11 Å². The summed E-state index contributed by atoms with van der Waals surface area (Å²) in [7, 11) is 0. The van der Waals surface area contributed by atoms with Crippen molar-refractivity contribution in [2.75, 3.05) is 0 Å². The molecule has 1 rings (SSSR count). The molecule has 0 saturated heterocycles. The minimum atomic E-state index is -0.294. The van der Waals surface area contributed by atoms with Gasteiger partial charge in [-0.3, -0.25) is 9.78 Å². The van der Waals surface area contributed by atoms with Crippen molar-refractivity contribution in [1.82, 2.24) is 10.3 Å². The zero-order chi connectivity index (χ0) is 11.3. The van der Waals surface area contributed by atoms with Crippen LogP contribution < -0.4 is 5.32 Å². The predicted molar refractivity (Wildman–Crippen MR) is 57.1 cm³/mol. The van der Waals surface area contributed by atoms with Crippen LogP contribution in [0.3, 0.4) is 0 Å². The zero-order valence-corrected chi connectivity index (χ0v) is 8.66. The molecule has 15 heavy (non-hydrogen) atoms. The van der Waals surface area contributed by atoms with Crippen LogP contribution in [0.1, 0.15) is 29.4 Å². The number of pyridine rings is 1. The zero-order valence-electron chi connectivity index (χ0n) is 8.66. The Morgan fingerprint density at radius 1 is 1.67 bits per heavy atom. The standard InChI is InChI=1S/C11H14N2O2/c1-3-8(2)13-11(15)10-6-9(7-14)4-5-12-10/h4-6,14H,2-3,7H2,1H3,(H,13,15). The van der Waals surface area contributed by atoms with Gasteiger partial charge in [0.1, 0.15) is 5.69 Å². The maximum Gasteiger partial charge on any atom is 0.273 e. The number of carbonyl (C=O) groups excluding carboxylic acids is 1. The van der Waals surface area contributed by atoms with E-state index in [0.29, 0.717) is 17.7 Å². The average molecular weight is 206 g/mol. The summed E-state index contributed by atoms with van der Waals surface area (Å²) < 4.78 is 0. The molecule has 1 heterocycles. The van der Waals surface area contributed by atoms with E-state index in [-0.39, 0.29) is 18.2 Å². The molecule has 0 radical (unpaired) electrons. The second kappa shape index (κ2) is 5.26. The Morgan fingerprint density at radius 2 is 2.40 bits per heavy atom. The Labute approximate surface area is 88.7 Å². The van der Waals surface area contributed by atoms with Crippen molar-refractivity contribution in [2.45, 2.75) is 20.0 Å². The fraction of sp³-hybridized carbons (Fsp3) is 0.273. The first-order valence-electron chi connectivity index (χ1n) is 4.72. The van der Waals surface area contributed by atoms with Gasteiger partial charge in [-0.1, -0.05) is 13.5 Å². The number of rotatable bonds is 4. The number of aromatic nitrogens is 1. The van der Waals surface area contributed by atoms with Crippen LogP contribution in [0.25, 0.3) is 0 Å². The molecule has 80 valence electrons. The topological polar surface area (TPSA) is 62.2 Å². The van der Waals surface area contributed by atoms with Gasteiger partial charge in [-0.05, 0) is 24.1 Å². The summed E-state index contributed by atoms with van der Waals surface area (Å²) in [6, 6.07) is 3.21. The predicted octanol–water partition coefficient (Wildman–Crippen LogP) is 1.23. The molecular weight excluding hydrogens is 192 g/mol. The first-order valence-corrected chi connectivity index (χ1v) is 4.72. The van der Waals surface area contributed by atoms with Crippen LogP contribution in [0.2, 0.25) is 0 Å². The average Bonchev–Trinajstić information content (AvgIpc) is 2.28. The highest BCUT2D eigenvalue weighted by molar-refractivity contribution is 5.93. The molecule has 0 fully saturated rings. The third-order valence-electron chi connectivity index (χ3n) is 1.96. The molecule has 1 aromatic heterocycles. The summed E-state index contributed by atoms with van der Waals surface area (Å²) in [5, 5.41) is 11.5. The van der Waals surface area contributed by atoms with E-state index < -0.39 is 0 Å². The molecule has 0 aromatic carbocycles. The maximum atomic E-state index is 11.6. The third kappa shape index (κ3) is 3.18. The highest BCUT2D eigenvalue weighted by Crippen LogP contribution is 2.02. The van der Waals surface area contributed by atoms with Gasteiger partial charge in [0.05, 0.1) is 6.61 Å². The second-order valence-corrected chi connectivity index (χ2v) is 3.12. The molecule has 0 atom stereocenters.